The van der Waals surface area contributed by atoms with Crippen molar-refractivity contribution in [2.75, 3.05) is 6.54 Å². The van der Waals surface area contributed by atoms with Crippen molar-refractivity contribution < 1.29 is 9.53 Å². The summed E-state index contributed by atoms with van der Waals surface area (Å²) in [5, 5.41) is 2.78. The fraction of sp³-hybridized carbons (Fsp3) is 0.562. The Hall–Kier alpha value is -1.51. The van der Waals surface area contributed by atoms with E-state index in [9.17, 15) is 4.79 Å². The van der Waals surface area contributed by atoms with Crippen molar-refractivity contribution in [3.63, 3.8) is 0 Å². The number of alkyl carbamates (subject to hydrolysis) is 1. The number of rotatable bonds is 4. The van der Waals surface area contributed by atoms with E-state index in [2.05, 4.69) is 29.6 Å². The minimum absolute atomic E-state index is 0.345. The van der Waals surface area contributed by atoms with Gasteiger partial charge >= 0.3 is 6.09 Å². The van der Waals surface area contributed by atoms with Crippen molar-refractivity contribution in [2.45, 2.75) is 51.6 Å². The number of amides is 1. The number of hydrogen-bond acceptors (Lipinski definition) is 2. The molecular formula is C16H23NO2. The van der Waals surface area contributed by atoms with Crippen molar-refractivity contribution in [3.8, 4) is 0 Å². The van der Waals surface area contributed by atoms with Gasteiger partial charge in [-0.3, -0.25) is 0 Å². The summed E-state index contributed by atoms with van der Waals surface area (Å²) in [5.74, 6) is 0.800. The molecule has 104 valence electrons. The molecule has 0 radical (unpaired) electrons. The van der Waals surface area contributed by atoms with Crippen LogP contribution in [0.15, 0.2) is 24.3 Å². The van der Waals surface area contributed by atoms with Gasteiger partial charge in [0.05, 0.1) is 0 Å². The van der Waals surface area contributed by atoms with Crippen molar-refractivity contribution in [1.82, 2.24) is 5.32 Å². The molecule has 0 unspecified atom stereocenters. The zero-order chi connectivity index (χ0) is 13.9. The van der Waals surface area contributed by atoms with Crippen LogP contribution >= 0.6 is 0 Å². The van der Waals surface area contributed by atoms with Gasteiger partial charge in [0.1, 0.15) is 5.60 Å². The first kappa shape index (κ1) is 13.9. The van der Waals surface area contributed by atoms with Crippen LogP contribution in [0.2, 0.25) is 0 Å². The standard InChI is InChI=1S/C16H23NO2/c1-16(2,3)19-15(18)17-11-10-12-4-6-13(7-5-12)14-8-9-14/h4-7,14H,8-11H2,1-3H3,(H,17,18). The van der Waals surface area contributed by atoms with Crippen LogP contribution < -0.4 is 5.32 Å². The number of benzene rings is 1. The summed E-state index contributed by atoms with van der Waals surface area (Å²) in [7, 11) is 0. The van der Waals surface area contributed by atoms with E-state index in [1.165, 1.54) is 24.0 Å². The fourth-order valence-corrected chi connectivity index (χ4v) is 2.00. The average molecular weight is 261 g/mol. The van der Waals surface area contributed by atoms with Gasteiger partial charge in [0.2, 0.25) is 0 Å². The van der Waals surface area contributed by atoms with E-state index >= 15 is 0 Å². The molecule has 1 aromatic carbocycles. The van der Waals surface area contributed by atoms with Gasteiger partial charge in [0.15, 0.2) is 0 Å². The molecule has 1 amide bonds. The van der Waals surface area contributed by atoms with Gasteiger partial charge < -0.3 is 10.1 Å². The molecule has 1 aromatic rings. The highest BCUT2D eigenvalue weighted by molar-refractivity contribution is 5.67. The van der Waals surface area contributed by atoms with Crippen molar-refractivity contribution in [3.05, 3.63) is 35.4 Å². The summed E-state index contributed by atoms with van der Waals surface area (Å²) in [6.45, 7) is 6.20. The molecule has 1 fully saturated rings. The smallest absolute Gasteiger partial charge is 0.407 e. The second-order valence-electron chi connectivity index (χ2n) is 6.19. The number of carbonyl (C=O) groups is 1. The van der Waals surface area contributed by atoms with E-state index in [1.807, 2.05) is 20.8 Å². The minimum atomic E-state index is -0.435. The van der Waals surface area contributed by atoms with E-state index in [1.54, 1.807) is 0 Å². The lowest BCUT2D eigenvalue weighted by Gasteiger charge is -2.19. The normalized spacial score (nSPS) is 15.1. The van der Waals surface area contributed by atoms with Crippen molar-refractivity contribution in [1.29, 1.82) is 0 Å². The molecule has 19 heavy (non-hydrogen) atoms. The number of carbonyl (C=O) groups excluding carboxylic acids is 1. The Balaban J connectivity index is 1.71. The topological polar surface area (TPSA) is 38.3 Å². The molecule has 0 saturated heterocycles. The zero-order valence-electron chi connectivity index (χ0n) is 12.0. The van der Waals surface area contributed by atoms with Gasteiger partial charge in [-0.2, -0.15) is 0 Å². The SMILES string of the molecule is CC(C)(C)OC(=O)NCCc1ccc(C2CC2)cc1. The van der Waals surface area contributed by atoms with Crippen LogP contribution in [0, 0.1) is 0 Å². The maximum Gasteiger partial charge on any atom is 0.407 e. The molecule has 0 atom stereocenters. The summed E-state index contributed by atoms with van der Waals surface area (Å²) < 4.78 is 5.18. The van der Waals surface area contributed by atoms with E-state index < -0.39 is 5.60 Å². The number of hydrogen-bond donors (Lipinski definition) is 1. The molecule has 3 nitrogen and oxygen atoms in total. The molecular weight excluding hydrogens is 238 g/mol. The lowest BCUT2D eigenvalue weighted by atomic mass is 10.1. The van der Waals surface area contributed by atoms with Crippen molar-refractivity contribution >= 4 is 6.09 Å². The Morgan fingerprint density at radius 2 is 1.89 bits per heavy atom. The lowest BCUT2D eigenvalue weighted by molar-refractivity contribution is 0.0528. The summed E-state index contributed by atoms with van der Waals surface area (Å²) in [5.41, 5.74) is 2.26. The average Bonchev–Trinajstić information content (AvgIpc) is 3.11. The maximum absolute atomic E-state index is 11.5. The highest BCUT2D eigenvalue weighted by atomic mass is 16.6. The molecule has 0 aliphatic heterocycles. The van der Waals surface area contributed by atoms with Crippen LogP contribution in [0.25, 0.3) is 0 Å². The predicted molar refractivity (Wildman–Crippen MR) is 76.4 cm³/mol. The fourth-order valence-electron chi connectivity index (χ4n) is 2.00. The Kier molecular flexibility index (Phi) is 4.13. The van der Waals surface area contributed by atoms with E-state index in [0.717, 1.165) is 12.3 Å². The quantitative estimate of drug-likeness (QED) is 0.898. The third kappa shape index (κ3) is 4.93. The molecule has 1 aliphatic rings. The Morgan fingerprint density at radius 3 is 2.42 bits per heavy atom. The van der Waals surface area contributed by atoms with Crippen LogP contribution in [-0.4, -0.2) is 18.2 Å². The lowest BCUT2D eigenvalue weighted by Crippen LogP contribution is -2.33. The van der Waals surface area contributed by atoms with Gasteiger partial charge in [-0.25, -0.2) is 4.79 Å². The summed E-state index contributed by atoms with van der Waals surface area (Å²) in [6, 6.07) is 8.73. The van der Waals surface area contributed by atoms with Gasteiger partial charge in [0, 0.05) is 6.54 Å². The maximum atomic E-state index is 11.5. The third-order valence-electron chi connectivity index (χ3n) is 3.11. The molecule has 3 heteroatoms. The molecule has 1 saturated carbocycles. The molecule has 0 heterocycles. The molecule has 1 aliphatic carbocycles. The van der Waals surface area contributed by atoms with Crippen LogP contribution in [0.4, 0.5) is 4.79 Å². The molecule has 0 aromatic heterocycles. The molecule has 1 N–H and O–H groups in total. The highest BCUT2D eigenvalue weighted by Crippen LogP contribution is 2.39. The first-order valence-electron chi connectivity index (χ1n) is 7.00. The Bertz CT molecular complexity index is 427. The molecule has 0 spiro atoms. The Labute approximate surface area is 115 Å². The van der Waals surface area contributed by atoms with Crippen LogP contribution in [0.5, 0.6) is 0 Å². The van der Waals surface area contributed by atoms with Gasteiger partial charge in [-0.05, 0) is 57.1 Å². The second-order valence-corrected chi connectivity index (χ2v) is 6.19. The largest absolute Gasteiger partial charge is 0.444 e. The van der Waals surface area contributed by atoms with Gasteiger partial charge in [-0.15, -0.1) is 0 Å². The van der Waals surface area contributed by atoms with Crippen LogP contribution in [0.1, 0.15) is 50.7 Å². The van der Waals surface area contributed by atoms with E-state index in [-0.39, 0.29) is 6.09 Å². The van der Waals surface area contributed by atoms with Gasteiger partial charge in [0.25, 0.3) is 0 Å². The molecule has 2 rings (SSSR count). The number of nitrogens with one attached hydrogen (secondary N) is 1. The highest BCUT2D eigenvalue weighted by Gasteiger charge is 2.22. The summed E-state index contributed by atoms with van der Waals surface area (Å²) in [6.07, 6.45) is 3.16. The monoisotopic (exact) mass is 261 g/mol. The first-order chi connectivity index (χ1) is 8.94. The zero-order valence-corrected chi connectivity index (χ0v) is 12.0. The van der Waals surface area contributed by atoms with Crippen LogP contribution in [0.3, 0.4) is 0 Å². The Morgan fingerprint density at radius 1 is 1.26 bits per heavy atom. The summed E-state index contributed by atoms with van der Waals surface area (Å²) >= 11 is 0. The number of ether oxygens (including phenoxy) is 1. The van der Waals surface area contributed by atoms with Crippen molar-refractivity contribution in [2.24, 2.45) is 0 Å². The van der Waals surface area contributed by atoms with Crippen LogP contribution in [-0.2, 0) is 11.2 Å². The minimum Gasteiger partial charge on any atom is -0.444 e. The van der Waals surface area contributed by atoms with E-state index in [0.29, 0.717) is 6.54 Å². The van der Waals surface area contributed by atoms with Gasteiger partial charge in [-0.1, -0.05) is 24.3 Å². The predicted octanol–water partition coefficient (Wildman–Crippen LogP) is 3.63. The summed E-state index contributed by atoms with van der Waals surface area (Å²) in [4.78, 5) is 11.5. The third-order valence-corrected chi connectivity index (χ3v) is 3.11. The first-order valence-corrected chi connectivity index (χ1v) is 7.00. The van der Waals surface area contributed by atoms with E-state index in [4.69, 9.17) is 4.74 Å². The second kappa shape index (κ2) is 5.64. The molecule has 0 bridgehead atoms.